The Bertz CT molecular complexity index is 371. The normalized spacial score (nSPS) is 12.8. The van der Waals surface area contributed by atoms with E-state index in [2.05, 4.69) is 18.9 Å². The summed E-state index contributed by atoms with van der Waals surface area (Å²) >= 11 is 6.30. The molecule has 1 atom stereocenters. The average Bonchev–Trinajstić information content (AvgIpc) is 2.38. The molecule has 0 amide bonds. The minimum Gasteiger partial charge on any atom is -0.496 e. The fourth-order valence-corrected chi connectivity index (χ4v) is 2.39. The molecule has 18 heavy (non-hydrogen) atoms. The summed E-state index contributed by atoms with van der Waals surface area (Å²) in [6.45, 7) is 3.72. The Kier molecular flexibility index (Phi) is 6.47. The number of methoxy groups -OCH3 is 1. The smallest absolute Gasteiger partial charge is 0.125 e. The first-order valence-electron chi connectivity index (χ1n) is 6.38. The van der Waals surface area contributed by atoms with Crippen molar-refractivity contribution in [2.24, 2.45) is 5.73 Å². The Morgan fingerprint density at radius 1 is 1.44 bits per heavy atom. The van der Waals surface area contributed by atoms with Gasteiger partial charge in [-0.05, 0) is 32.1 Å². The molecule has 1 aromatic carbocycles. The number of nitrogens with zero attached hydrogens (tertiary/aromatic N) is 1. The number of ether oxygens (including phenoxy) is 1. The van der Waals surface area contributed by atoms with Gasteiger partial charge >= 0.3 is 0 Å². The minimum atomic E-state index is 0.0974. The van der Waals surface area contributed by atoms with E-state index < -0.39 is 0 Å². The lowest BCUT2D eigenvalue weighted by Gasteiger charge is -2.29. The summed E-state index contributed by atoms with van der Waals surface area (Å²) in [5.41, 5.74) is 6.90. The maximum absolute atomic E-state index is 6.30. The van der Waals surface area contributed by atoms with Crippen molar-refractivity contribution in [2.45, 2.75) is 25.8 Å². The molecule has 0 aliphatic heterocycles. The van der Waals surface area contributed by atoms with E-state index in [-0.39, 0.29) is 6.04 Å². The third kappa shape index (κ3) is 3.61. The Morgan fingerprint density at radius 3 is 2.72 bits per heavy atom. The second-order valence-electron chi connectivity index (χ2n) is 4.44. The predicted octanol–water partition coefficient (Wildman–Crippen LogP) is 3.08. The molecule has 0 radical (unpaired) electrons. The van der Waals surface area contributed by atoms with E-state index in [1.807, 2.05) is 18.2 Å². The van der Waals surface area contributed by atoms with Gasteiger partial charge in [-0.25, -0.2) is 0 Å². The second-order valence-corrected chi connectivity index (χ2v) is 4.85. The lowest BCUT2D eigenvalue weighted by atomic mass is 10.0. The van der Waals surface area contributed by atoms with Gasteiger partial charge in [0.15, 0.2) is 0 Å². The van der Waals surface area contributed by atoms with Crippen LogP contribution in [0, 0.1) is 0 Å². The van der Waals surface area contributed by atoms with Crippen molar-refractivity contribution in [1.82, 2.24) is 4.90 Å². The third-order valence-corrected chi connectivity index (χ3v) is 3.52. The zero-order valence-electron chi connectivity index (χ0n) is 11.4. The number of hydrogen-bond acceptors (Lipinski definition) is 3. The van der Waals surface area contributed by atoms with Crippen LogP contribution in [0.25, 0.3) is 0 Å². The molecule has 2 N–H and O–H groups in total. The standard InChI is InChI=1S/C14H23ClN2O/c1-4-5-9-17(2)12(10-16)14-11(15)7-6-8-13(14)18-3/h6-8,12H,4-5,9-10,16H2,1-3H3. The summed E-state index contributed by atoms with van der Waals surface area (Å²) < 4.78 is 5.40. The van der Waals surface area contributed by atoms with Crippen molar-refractivity contribution < 1.29 is 4.74 Å². The Morgan fingerprint density at radius 2 is 2.17 bits per heavy atom. The number of benzene rings is 1. The van der Waals surface area contributed by atoms with E-state index in [9.17, 15) is 0 Å². The summed E-state index contributed by atoms with van der Waals surface area (Å²) in [7, 11) is 3.74. The van der Waals surface area contributed by atoms with Crippen LogP contribution in [0.3, 0.4) is 0 Å². The van der Waals surface area contributed by atoms with E-state index in [0.717, 1.165) is 24.3 Å². The van der Waals surface area contributed by atoms with Crippen LogP contribution in [0.4, 0.5) is 0 Å². The largest absolute Gasteiger partial charge is 0.496 e. The van der Waals surface area contributed by atoms with Crippen molar-refractivity contribution in [1.29, 1.82) is 0 Å². The van der Waals surface area contributed by atoms with Crippen LogP contribution < -0.4 is 10.5 Å². The quantitative estimate of drug-likeness (QED) is 0.828. The average molecular weight is 271 g/mol. The van der Waals surface area contributed by atoms with Crippen LogP contribution in [-0.2, 0) is 0 Å². The van der Waals surface area contributed by atoms with Gasteiger partial charge in [-0.3, -0.25) is 4.90 Å². The molecule has 102 valence electrons. The molecule has 1 aromatic rings. The summed E-state index contributed by atoms with van der Waals surface area (Å²) in [5, 5.41) is 0.716. The zero-order chi connectivity index (χ0) is 13.5. The first-order chi connectivity index (χ1) is 8.65. The molecule has 0 aliphatic rings. The fourth-order valence-electron chi connectivity index (χ4n) is 2.10. The van der Waals surface area contributed by atoms with Gasteiger partial charge in [0.05, 0.1) is 13.2 Å². The number of likely N-dealkylation sites (N-methyl/N-ethyl adjacent to an activating group) is 1. The van der Waals surface area contributed by atoms with Crippen molar-refractivity contribution in [3.8, 4) is 5.75 Å². The lowest BCUT2D eigenvalue weighted by molar-refractivity contribution is 0.241. The van der Waals surface area contributed by atoms with Gasteiger partial charge in [0.25, 0.3) is 0 Å². The summed E-state index contributed by atoms with van der Waals surface area (Å²) in [5.74, 6) is 0.807. The molecule has 0 heterocycles. The molecule has 0 spiro atoms. The monoisotopic (exact) mass is 270 g/mol. The van der Waals surface area contributed by atoms with Crippen LogP contribution in [-0.4, -0.2) is 32.1 Å². The molecule has 0 aromatic heterocycles. The SMILES string of the molecule is CCCCN(C)C(CN)c1c(Cl)cccc1OC. The van der Waals surface area contributed by atoms with Crippen molar-refractivity contribution in [3.63, 3.8) is 0 Å². The van der Waals surface area contributed by atoms with Crippen molar-refractivity contribution >= 4 is 11.6 Å². The summed E-state index contributed by atoms with van der Waals surface area (Å²) in [4.78, 5) is 2.24. The zero-order valence-corrected chi connectivity index (χ0v) is 12.2. The number of halogens is 1. The predicted molar refractivity (Wildman–Crippen MR) is 77.3 cm³/mol. The molecule has 0 saturated heterocycles. The van der Waals surface area contributed by atoms with Crippen LogP contribution in [0.15, 0.2) is 18.2 Å². The first-order valence-corrected chi connectivity index (χ1v) is 6.76. The fraction of sp³-hybridized carbons (Fsp3) is 0.571. The summed E-state index contributed by atoms with van der Waals surface area (Å²) in [6, 6.07) is 5.80. The molecular weight excluding hydrogens is 248 g/mol. The van der Waals surface area contributed by atoms with Gasteiger partial charge in [0.2, 0.25) is 0 Å². The van der Waals surface area contributed by atoms with Crippen molar-refractivity contribution in [3.05, 3.63) is 28.8 Å². The van der Waals surface area contributed by atoms with Crippen LogP contribution >= 0.6 is 11.6 Å². The van der Waals surface area contributed by atoms with E-state index in [1.165, 1.54) is 6.42 Å². The Balaban J connectivity index is 3.00. The van der Waals surface area contributed by atoms with Gasteiger partial charge in [0, 0.05) is 17.1 Å². The van der Waals surface area contributed by atoms with E-state index in [1.54, 1.807) is 7.11 Å². The second kappa shape index (κ2) is 7.62. The first kappa shape index (κ1) is 15.3. The van der Waals surface area contributed by atoms with Gasteiger partial charge in [-0.2, -0.15) is 0 Å². The molecule has 0 bridgehead atoms. The molecule has 0 aliphatic carbocycles. The van der Waals surface area contributed by atoms with E-state index in [0.29, 0.717) is 11.6 Å². The highest BCUT2D eigenvalue weighted by Crippen LogP contribution is 2.34. The number of nitrogens with two attached hydrogens (primary N) is 1. The van der Waals surface area contributed by atoms with Crippen LogP contribution in [0.2, 0.25) is 5.02 Å². The number of rotatable bonds is 7. The molecule has 1 unspecified atom stereocenters. The third-order valence-electron chi connectivity index (χ3n) is 3.19. The number of unbranched alkanes of at least 4 members (excludes halogenated alkanes) is 1. The van der Waals surface area contributed by atoms with Gasteiger partial charge in [-0.1, -0.05) is 31.0 Å². The highest BCUT2D eigenvalue weighted by molar-refractivity contribution is 6.31. The summed E-state index contributed by atoms with van der Waals surface area (Å²) in [6.07, 6.45) is 2.32. The lowest BCUT2D eigenvalue weighted by Crippen LogP contribution is -2.31. The van der Waals surface area contributed by atoms with Gasteiger partial charge < -0.3 is 10.5 Å². The molecule has 3 nitrogen and oxygen atoms in total. The van der Waals surface area contributed by atoms with Crippen LogP contribution in [0.5, 0.6) is 5.75 Å². The van der Waals surface area contributed by atoms with Gasteiger partial charge in [0.1, 0.15) is 5.75 Å². The van der Waals surface area contributed by atoms with Crippen LogP contribution in [0.1, 0.15) is 31.4 Å². The minimum absolute atomic E-state index is 0.0974. The molecular formula is C14H23ClN2O. The van der Waals surface area contributed by atoms with Crippen molar-refractivity contribution in [2.75, 3.05) is 27.2 Å². The Labute approximate surface area is 115 Å². The number of hydrogen-bond donors (Lipinski definition) is 1. The highest BCUT2D eigenvalue weighted by atomic mass is 35.5. The molecule has 0 saturated carbocycles. The molecule has 4 heteroatoms. The Hall–Kier alpha value is -0.770. The highest BCUT2D eigenvalue weighted by Gasteiger charge is 2.21. The van der Waals surface area contributed by atoms with E-state index >= 15 is 0 Å². The van der Waals surface area contributed by atoms with Gasteiger partial charge in [-0.15, -0.1) is 0 Å². The molecule has 0 fully saturated rings. The maximum Gasteiger partial charge on any atom is 0.125 e. The topological polar surface area (TPSA) is 38.5 Å². The maximum atomic E-state index is 6.30. The van der Waals surface area contributed by atoms with E-state index in [4.69, 9.17) is 22.1 Å². The molecule has 1 rings (SSSR count).